The van der Waals surface area contributed by atoms with E-state index in [2.05, 4.69) is 53.3 Å². The first-order valence-electron chi connectivity index (χ1n) is 8.87. The van der Waals surface area contributed by atoms with Crippen LogP contribution in [0.4, 0.5) is 4.79 Å². The molecule has 0 unspecified atom stereocenters. The van der Waals surface area contributed by atoms with E-state index in [-0.39, 0.29) is 6.03 Å². The quantitative estimate of drug-likeness (QED) is 0.691. The Morgan fingerprint density at radius 1 is 0.885 bits per heavy atom. The average Bonchev–Trinajstić information content (AvgIpc) is 3.08. The van der Waals surface area contributed by atoms with E-state index >= 15 is 0 Å². The summed E-state index contributed by atoms with van der Waals surface area (Å²) in [5, 5.41) is 5.84. The van der Waals surface area contributed by atoms with Gasteiger partial charge in [-0.25, -0.2) is 4.79 Å². The van der Waals surface area contributed by atoms with Gasteiger partial charge in [-0.2, -0.15) is 0 Å². The van der Waals surface area contributed by atoms with Crippen molar-refractivity contribution in [3.05, 3.63) is 94.8 Å². The second-order valence-corrected chi connectivity index (χ2v) is 6.58. The molecule has 0 bridgehead atoms. The first-order chi connectivity index (χ1) is 12.6. The third kappa shape index (κ3) is 4.76. The standard InChI is InChI=1S/C22H25N3O/c1-17-9-11-19(12-10-17)14-23-22(26)24-15-21-8-5-13-25(21)16-20-7-4-3-6-18(20)2/h3-13H,14-16H2,1-2H3,(H2,23,24,26). The number of urea groups is 1. The van der Waals surface area contributed by atoms with Crippen LogP contribution in [0.3, 0.4) is 0 Å². The van der Waals surface area contributed by atoms with Crippen molar-refractivity contribution in [1.82, 2.24) is 15.2 Å². The molecule has 0 saturated heterocycles. The fourth-order valence-corrected chi connectivity index (χ4v) is 2.86. The van der Waals surface area contributed by atoms with Gasteiger partial charge >= 0.3 is 6.03 Å². The smallest absolute Gasteiger partial charge is 0.315 e. The molecule has 0 fully saturated rings. The number of nitrogens with zero attached hydrogens (tertiary/aromatic N) is 1. The number of hydrogen-bond acceptors (Lipinski definition) is 1. The van der Waals surface area contributed by atoms with Crippen molar-refractivity contribution in [3.63, 3.8) is 0 Å². The van der Waals surface area contributed by atoms with E-state index in [0.29, 0.717) is 13.1 Å². The van der Waals surface area contributed by atoms with Gasteiger partial charge in [-0.05, 0) is 42.7 Å². The molecule has 26 heavy (non-hydrogen) atoms. The minimum absolute atomic E-state index is 0.158. The lowest BCUT2D eigenvalue weighted by Crippen LogP contribution is -2.35. The third-order valence-electron chi connectivity index (χ3n) is 4.53. The molecule has 2 N–H and O–H groups in total. The van der Waals surface area contributed by atoms with Crippen LogP contribution < -0.4 is 10.6 Å². The first kappa shape index (κ1) is 17.8. The van der Waals surface area contributed by atoms with E-state index in [0.717, 1.165) is 17.8 Å². The minimum atomic E-state index is -0.158. The predicted octanol–water partition coefficient (Wildman–Crippen LogP) is 4.15. The van der Waals surface area contributed by atoms with Crippen molar-refractivity contribution in [2.24, 2.45) is 0 Å². The molecule has 3 rings (SSSR count). The molecule has 4 nitrogen and oxygen atoms in total. The number of amides is 2. The molecule has 0 atom stereocenters. The number of carbonyl (C=O) groups excluding carboxylic acids is 1. The number of nitrogens with one attached hydrogen (secondary N) is 2. The molecular formula is C22H25N3O. The highest BCUT2D eigenvalue weighted by atomic mass is 16.2. The van der Waals surface area contributed by atoms with Crippen LogP contribution in [0.2, 0.25) is 0 Å². The van der Waals surface area contributed by atoms with Crippen molar-refractivity contribution >= 4 is 6.03 Å². The highest BCUT2D eigenvalue weighted by Crippen LogP contribution is 2.12. The molecule has 0 aliphatic rings. The van der Waals surface area contributed by atoms with Gasteiger partial charge in [0.2, 0.25) is 0 Å². The average molecular weight is 347 g/mol. The van der Waals surface area contributed by atoms with Gasteiger partial charge in [0.25, 0.3) is 0 Å². The van der Waals surface area contributed by atoms with Gasteiger partial charge in [0.1, 0.15) is 0 Å². The van der Waals surface area contributed by atoms with E-state index in [1.807, 2.05) is 42.6 Å². The zero-order chi connectivity index (χ0) is 18.4. The van der Waals surface area contributed by atoms with Gasteiger partial charge in [-0.3, -0.25) is 0 Å². The Labute approximate surface area is 154 Å². The van der Waals surface area contributed by atoms with Gasteiger partial charge in [0.15, 0.2) is 0 Å². The van der Waals surface area contributed by atoms with Crippen LogP contribution in [-0.2, 0) is 19.6 Å². The molecule has 2 aromatic carbocycles. The first-order valence-corrected chi connectivity index (χ1v) is 8.87. The van der Waals surface area contributed by atoms with Gasteiger partial charge in [-0.15, -0.1) is 0 Å². The SMILES string of the molecule is Cc1ccc(CNC(=O)NCc2cccn2Cc2ccccc2C)cc1. The Balaban J connectivity index is 1.52. The molecule has 1 aromatic heterocycles. The number of aryl methyl sites for hydroxylation is 2. The second-order valence-electron chi connectivity index (χ2n) is 6.58. The summed E-state index contributed by atoms with van der Waals surface area (Å²) in [7, 11) is 0. The number of hydrogen-bond donors (Lipinski definition) is 2. The van der Waals surface area contributed by atoms with Crippen molar-refractivity contribution < 1.29 is 4.79 Å². The van der Waals surface area contributed by atoms with Crippen LogP contribution in [0.1, 0.15) is 27.9 Å². The van der Waals surface area contributed by atoms with Gasteiger partial charge < -0.3 is 15.2 Å². The van der Waals surface area contributed by atoms with E-state index in [1.165, 1.54) is 16.7 Å². The fraction of sp³-hybridized carbons (Fsp3) is 0.227. The van der Waals surface area contributed by atoms with E-state index < -0.39 is 0 Å². The van der Waals surface area contributed by atoms with Crippen molar-refractivity contribution in [2.75, 3.05) is 0 Å². The molecule has 0 aliphatic carbocycles. The summed E-state index contributed by atoms with van der Waals surface area (Å²) in [6.07, 6.45) is 2.05. The Morgan fingerprint density at radius 2 is 1.62 bits per heavy atom. The Kier molecular flexibility index (Phi) is 5.74. The molecule has 1 heterocycles. The molecule has 0 spiro atoms. The molecule has 4 heteroatoms. The van der Waals surface area contributed by atoms with Gasteiger partial charge in [0, 0.05) is 25.0 Å². The summed E-state index contributed by atoms with van der Waals surface area (Å²) in [5.41, 5.74) is 5.95. The van der Waals surface area contributed by atoms with Crippen molar-refractivity contribution in [2.45, 2.75) is 33.5 Å². The molecule has 0 saturated carbocycles. The second kappa shape index (κ2) is 8.39. The third-order valence-corrected chi connectivity index (χ3v) is 4.53. The number of rotatable bonds is 6. The van der Waals surface area contributed by atoms with Crippen LogP contribution in [0, 0.1) is 13.8 Å². The van der Waals surface area contributed by atoms with Crippen molar-refractivity contribution in [1.29, 1.82) is 0 Å². The molecule has 0 radical (unpaired) electrons. The van der Waals surface area contributed by atoms with Gasteiger partial charge in [0.05, 0.1) is 6.54 Å². The normalized spacial score (nSPS) is 10.5. The monoisotopic (exact) mass is 347 g/mol. The van der Waals surface area contributed by atoms with E-state index in [9.17, 15) is 4.79 Å². The Bertz CT molecular complexity index is 865. The maximum absolute atomic E-state index is 12.1. The van der Waals surface area contributed by atoms with Crippen LogP contribution in [-0.4, -0.2) is 10.6 Å². The lowest BCUT2D eigenvalue weighted by atomic mass is 10.1. The number of carbonyl (C=O) groups is 1. The summed E-state index contributed by atoms with van der Waals surface area (Å²) in [6.45, 7) is 6.00. The highest BCUT2D eigenvalue weighted by molar-refractivity contribution is 5.73. The lowest BCUT2D eigenvalue weighted by molar-refractivity contribution is 0.240. The number of aromatic nitrogens is 1. The predicted molar refractivity (Wildman–Crippen MR) is 105 cm³/mol. The minimum Gasteiger partial charge on any atom is -0.345 e. The van der Waals surface area contributed by atoms with Crippen LogP contribution in [0.5, 0.6) is 0 Å². The molecular weight excluding hydrogens is 322 g/mol. The summed E-state index contributed by atoms with van der Waals surface area (Å²) >= 11 is 0. The van der Waals surface area contributed by atoms with Crippen LogP contribution in [0.15, 0.2) is 66.9 Å². The largest absolute Gasteiger partial charge is 0.345 e. The summed E-state index contributed by atoms with van der Waals surface area (Å²) in [5.74, 6) is 0. The van der Waals surface area contributed by atoms with Gasteiger partial charge in [-0.1, -0.05) is 54.1 Å². The summed E-state index contributed by atoms with van der Waals surface area (Å²) in [6, 6.07) is 20.4. The van der Waals surface area contributed by atoms with E-state index in [1.54, 1.807) is 0 Å². The van der Waals surface area contributed by atoms with E-state index in [4.69, 9.17) is 0 Å². The highest BCUT2D eigenvalue weighted by Gasteiger charge is 2.06. The van der Waals surface area contributed by atoms with Crippen molar-refractivity contribution in [3.8, 4) is 0 Å². The van der Waals surface area contributed by atoms with Crippen LogP contribution in [0.25, 0.3) is 0 Å². The Hall–Kier alpha value is -3.01. The summed E-state index contributed by atoms with van der Waals surface area (Å²) in [4.78, 5) is 12.1. The zero-order valence-electron chi connectivity index (χ0n) is 15.3. The lowest BCUT2D eigenvalue weighted by Gasteiger charge is -2.13. The number of benzene rings is 2. The maximum Gasteiger partial charge on any atom is 0.315 e. The summed E-state index contributed by atoms with van der Waals surface area (Å²) < 4.78 is 2.17. The molecule has 134 valence electrons. The zero-order valence-corrected chi connectivity index (χ0v) is 15.3. The van der Waals surface area contributed by atoms with Crippen LogP contribution >= 0.6 is 0 Å². The molecule has 3 aromatic rings. The maximum atomic E-state index is 12.1. The molecule has 0 aliphatic heterocycles. The topological polar surface area (TPSA) is 46.1 Å². The molecule has 2 amide bonds. The fourth-order valence-electron chi connectivity index (χ4n) is 2.86. The Morgan fingerprint density at radius 3 is 2.38 bits per heavy atom.